The number of hydrogen-bond donors (Lipinski definition) is 1. The molecule has 106 valence electrons. The Morgan fingerprint density at radius 2 is 2.10 bits per heavy atom. The first kappa shape index (κ1) is 15.1. The maximum atomic E-state index is 13.9. The molecule has 1 unspecified atom stereocenters. The molecule has 0 saturated heterocycles. The van der Waals surface area contributed by atoms with Crippen LogP contribution in [-0.4, -0.2) is 12.0 Å². The molecule has 0 saturated carbocycles. The lowest BCUT2D eigenvalue weighted by Gasteiger charge is -2.19. The summed E-state index contributed by atoms with van der Waals surface area (Å²) in [6.45, 7) is 2.10. The summed E-state index contributed by atoms with van der Waals surface area (Å²) >= 11 is 3.39. The van der Waals surface area contributed by atoms with Gasteiger partial charge in [-0.05, 0) is 55.3 Å². The summed E-state index contributed by atoms with van der Waals surface area (Å²) in [5.74, 6) is -0.178. The van der Waals surface area contributed by atoms with Gasteiger partial charge in [-0.1, -0.05) is 28.9 Å². The molecule has 1 heterocycles. The second kappa shape index (κ2) is 6.95. The van der Waals surface area contributed by atoms with Crippen LogP contribution in [0.25, 0.3) is 0 Å². The van der Waals surface area contributed by atoms with Crippen LogP contribution in [0.5, 0.6) is 0 Å². The van der Waals surface area contributed by atoms with E-state index in [0.717, 1.165) is 16.6 Å². The van der Waals surface area contributed by atoms with Crippen LogP contribution < -0.4 is 5.32 Å². The lowest BCUT2D eigenvalue weighted by Crippen LogP contribution is -2.22. The van der Waals surface area contributed by atoms with Crippen LogP contribution in [0.1, 0.15) is 29.8 Å². The van der Waals surface area contributed by atoms with Gasteiger partial charge in [0.25, 0.3) is 0 Å². The highest BCUT2D eigenvalue weighted by Crippen LogP contribution is 2.23. The lowest BCUT2D eigenvalue weighted by atomic mass is 9.98. The van der Waals surface area contributed by atoms with E-state index in [1.165, 1.54) is 11.6 Å². The molecule has 0 aliphatic rings. The molecule has 1 aromatic heterocycles. The van der Waals surface area contributed by atoms with Crippen LogP contribution in [0.4, 0.5) is 4.39 Å². The number of nitrogens with one attached hydrogen (secondary N) is 1. The summed E-state index contributed by atoms with van der Waals surface area (Å²) in [5, 5.41) is 3.24. The van der Waals surface area contributed by atoms with Gasteiger partial charge in [-0.3, -0.25) is 4.98 Å². The smallest absolute Gasteiger partial charge is 0.126 e. The van der Waals surface area contributed by atoms with Crippen LogP contribution in [0, 0.1) is 5.82 Å². The van der Waals surface area contributed by atoms with Gasteiger partial charge in [-0.15, -0.1) is 0 Å². The number of hydrogen-bond acceptors (Lipinski definition) is 2. The van der Waals surface area contributed by atoms with E-state index in [2.05, 4.69) is 39.2 Å². The van der Waals surface area contributed by atoms with Crippen molar-refractivity contribution in [1.82, 2.24) is 10.3 Å². The average Bonchev–Trinajstić information content (AvgIpc) is 2.48. The Morgan fingerprint density at radius 3 is 2.80 bits per heavy atom. The SMILES string of the molecule is CCc1cccnc1C(Cc1cc(Br)ccc1F)NC. The molecule has 0 aliphatic carbocycles. The number of likely N-dealkylation sites (N-methyl/N-ethyl adjacent to an activating group) is 1. The Hall–Kier alpha value is -1.26. The molecule has 0 amide bonds. The molecule has 0 fully saturated rings. The molecule has 0 radical (unpaired) electrons. The quantitative estimate of drug-likeness (QED) is 0.890. The predicted octanol–water partition coefficient (Wildman–Crippen LogP) is 4.05. The lowest BCUT2D eigenvalue weighted by molar-refractivity contribution is 0.541. The van der Waals surface area contributed by atoms with Crippen LogP contribution in [0.3, 0.4) is 0 Å². The fourth-order valence-electron chi connectivity index (χ4n) is 2.32. The van der Waals surface area contributed by atoms with E-state index in [4.69, 9.17) is 0 Å². The van der Waals surface area contributed by atoms with E-state index in [9.17, 15) is 4.39 Å². The Labute approximate surface area is 127 Å². The minimum Gasteiger partial charge on any atom is -0.311 e. The summed E-state index contributed by atoms with van der Waals surface area (Å²) in [4.78, 5) is 4.47. The first-order chi connectivity index (χ1) is 9.65. The van der Waals surface area contributed by atoms with Crippen LogP contribution >= 0.6 is 15.9 Å². The van der Waals surface area contributed by atoms with E-state index in [1.54, 1.807) is 12.3 Å². The molecular weight excluding hydrogens is 319 g/mol. The van der Waals surface area contributed by atoms with Crippen molar-refractivity contribution in [2.24, 2.45) is 0 Å². The van der Waals surface area contributed by atoms with Gasteiger partial charge in [0.05, 0.1) is 11.7 Å². The zero-order chi connectivity index (χ0) is 14.5. The van der Waals surface area contributed by atoms with E-state index in [1.807, 2.05) is 19.2 Å². The third-order valence-corrected chi connectivity index (χ3v) is 3.91. The van der Waals surface area contributed by atoms with Gasteiger partial charge in [0.2, 0.25) is 0 Å². The van der Waals surface area contributed by atoms with Gasteiger partial charge in [0, 0.05) is 10.7 Å². The van der Waals surface area contributed by atoms with Gasteiger partial charge < -0.3 is 5.32 Å². The summed E-state index contributed by atoms with van der Waals surface area (Å²) in [5.41, 5.74) is 2.88. The highest BCUT2D eigenvalue weighted by Gasteiger charge is 2.16. The summed E-state index contributed by atoms with van der Waals surface area (Å²) in [6.07, 6.45) is 3.28. The topological polar surface area (TPSA) is 24.9 Å². The maximum absolute atomic E-state index is 13.9. The van der Waals surface area contributed by atoms with Gasteiger partial charge in [-0.2, -0.15) is 0 Å². The maximum Gasteiger partial charge on any atom is 0.126 e. The molecule has 1 atom stereocenters. The molecular formula is C16H18BrFN2. The zero-order valence-corrected chi connectivity index (χ0v) is 13.2. The van der Waals surface area contributed by atoms with Crippen molar-refractivity contribution in [1.29, 1.82) is 0 Å². The van der Waals surface area contributed by atoms with Crippen molar-refractivity contribution in [2.75, 3.05) is 7.05 Å². The van der Waals surface area contributed by atoms with Gasteiger partial charge in [-0.25, -0.2) is 4.39 Å². The van der Waals surface area contributed by atoms with Crippen LogP contribution in [0.2, 0.25) is 0 Å². The minimum absolute atomic E-state index is 0.00921. The van der Waals surface area contributed by atoms with Crippen LogP contribution in [0.15, 0.2) is 41.0 Å². The Morgan fingerprint density at radius 1 is 1.30 bits per heavy atom. The van der Waals surface area contributed by atoms with E-state index >= 15 is 0 Å². The van der Waals surface area contributed by atoms with E-state index in [0.29, 0.717) is 12.0 Å². The molecule has 2 rings (SSSR count). The summed E-state index contributed by atoms with van der Waals surface area (Å²) in [7, 11) is 1.88. The number of aromatic nitrogens is 1. The highest BCUT2D eigenvalue weighted by atomic mass is 79.9. The summed E-state index contributed by atoms with van der Waals surface area (Å²) < 4.78 is 14.8. The Kier molecular flexibility index (Phi) is 5.26. The molecule has 0 bridgehead atoms. The van der Waals surface area contributed by atoms with Gasteiger partial charge in [0.1, 0.15) is 5.82 Å². The van der Waals surface area contributed by atoms with Gasteiger partial charge >= 0.3 is 0 Å². The molecule has 20 heavy (non-hydrogen) atoms. The molecule has 2 nitrogen and oxygen atoms in total. The molecule has 4 heteroatoms. The third-order valence-electron chi connectivity index (χ3n) is 3.42. The molecule has 0 aliphatic heterocycles. The zero-order valence-electron chi connectivity index (χ0n) is 11.7. The molecule has 2 aromatic rings. The first-order valence-corrected chi connectivity index (χ1v) is 7.50. The number of rotatable bonds is 5. The highest BCUT2D eigenvalue weighted by molar-refractivity contribution is 9.10. The van der Waals surface area contributed by atoms with Crippen molar-refractivity contribution in [3.63, 3.8) is 0 Å². The van der Waals surface area contributed by atoms with Crippen molar-refractivity contribution >= 4 is 15.9 Å². The Balaban J connectivity index is 2.31. The third kappa shape index (κ3) is 3.44. The second-order valence-corrected chi connectivity index (χ2v) is 5.60. The number of nitrogens with zero attached hydrogens (tertiary/aromatic N) is 1. The van der Waals surface area contributed by atoms with E-state index < -0.39 is 0 Å². The first-order valence-electron chi connectivity index (χ1n) is 6.70. The monoisotopic (exact) mass is 336 g/mol. The minimum atomic E-state index is -0.178. The van der Waals surface area contributed by atoms with Crippen molar-refractivity contribution < 1.29 is 4.39 Å². The Bertz CT molecular complexity index is 586. The van der Waals surface area contributed by atoms with E-state index in [-0.39, 0.29) is 11.9 Å². The summed E-state index contributed by atoms with van der Waals surface area (Å²) in [6, 6.07) is 9.05. The van der Waals surface area contributed by atoms with Crippen molar-refractivity contribution in [3.05, 3.63) is 63.6 Å². The number of benzene rings is 1. The number of pyridine rings is 1. The molecule has 1 N–H and O–H groups in total. The molecule has 1 aromatic carbocycles. The van der Waals surface area contributed by atoms with Crippen LogP contribution in [-0.2, 0) is 12.8 Å². The fourth-order valence-corrected chi connectivity index (χ4v) is 2.73. The van der Waals surface area contributed by atoms with Gasteiger partial charge in [0.15, 0.2) is 0 Å². The number of halogens is 2. The second-order valence-electron chi connectivity index (χ2n) is 4.68. The van der Waals surface area contributed by atoms with Crippen molar-refractivity contribution in [2.45, 2.75) is 25.8 Å². The average molecular weight is 337 g/mol. The normalized spacial score (nSPS) is 12.4. The number of aryl methyl sites for hydroxylation is 1. The molecule has 0 spiro atoms. The standard InChI is InChI=1S/C16H18BrFN2/c1-3-11-5-4-8-20-16(11)15(19-2)10-12-9-13(17)6-7-14(12)18/h4-9,15,19H,3,10H2,1-2H3. The van der Waals surface area contributed by atoms with Crippen molar-refractivity contribution in [3.8, 4) is 0 Å². The predicted molar refractivity (Wildman–Crippen MR) is 83.2 cm³/mol. The fraction of sp³-hybridized carbons (Fsp3) is 0.312. The largest absolute Gasteiger partial charge is 0.311 e.